The van der Waals surface area contributed by atoms with Gasteiger partial charge in [-0.15, -0.1) is 0 Å². The molecule has 0 aliphatic heterocycles. The highest BCUT2D eigenvalue weighted by molar-refractivity contribution is 5.54. The minimum atomic E-state index is 0.552. The van der Waals surface area contributed by atoms with Crippen molar-refractivity contribution < 1.29 is 4.74 Å². The summed E-state index contributed by atoms with van der Waals surface area (Å²) >= 11 is 0. The highest BCUT2D eigenvalue weighted by Crippen LogP contribution is 2.16. The molecule has 0 atom stereocenters. The molecule has 0 fully saturated rings. The maximum absolute atomic E-state index is 5.79. The van der Waals surface area contributed by atoms with Gasteiger partial charge in [0.05, 0.1) is 6.61 Å². The summed E-state index contributed by atoms with van der Waals surface area (Å²) in [5, 5.41) is 3.24. The first-order valence-electron chi connectivity index (χ1n) is 6.56. The van der Waals surface area contributed by atoms with Crippen LogP contribution < -0.4 is 11.1 Å². The van der Waals surface area contributed by atoms with E-state index in [1.54, 1.807) is 0 Å². The summed E-state index contributed by atoms with van der Waals surface area (Å²) in [4.78, 5) is 8.18. The lowest BCUT2D eigenvalue weighted by Gasteiger charge is -2.11. The molecule has 102 valence electrons. The van der Waals surface area contributed by atoms with E-state index in [-0.39, 0.29) is 0 Å². The average Bonchev–Trinajstić information content (AvgIpc) is 2.33. The standard InChI is InChI=1S/C13H24N4O/c1-4-11-12(14)16-9-17-13(11)15-6-8-18-7-5-10(2)3/h9-10H,4-8H2,1-3H3,(H3,14,15,16,17). The molecule has 0 aromatic carbocycles. The van der Waals surface area contributed by atoms with Crippen molar-refractivity contribution in [3.05, 3.63) is 11.9 Å². The quantitative estimate of drug-likeness (QED) is 0.693. The fourth-order valence-electron chi connectivity index (χ4n) is 1.59. The Morgan fingerprint density at radius 1 is 1.33 bits per heavy atom. The molecule has 0 aliphatic rings. The molecule has 0 radical (unpaired) electrons. The van der Waals surface area contributed by atoms with Gasteiger partial charge in [-0.2, -0.15) is 0 Å². The maximum Gasteiger partial charge on any atom is 0.134 e. The lowest BCUT2D eigenvalue weighted by Crippen LogP contribution is -2.14. The second kappa shape index (κ2) is 7.87. The Balaban J connectivity index is 2.29. The predicted molar refractivity (Wildman–Crippen MR) is 74.6 cm³/mol. The van der Waals surface area contributed by atoms with E-state index >= 15 is 0 Å². The second-order valence-electron chi connectivity index (χ2n) is 4.66. The van der Waals surface area contributed by atoms with Crippen LogP contribution >= 0.6 is 0 Å². The van der Waals surface area contributed by atoms with Gasteiger partial charge in [0.15, 0.2) is 0 Å². The van der Waals surface area contributed by atoms with Gasteiger partial charge in [0, 0.05) is 18.7 Å². The van der Waals surface area contributed by atoms with Crippen LogP contribution in [0.15, 0.2) is 6.33 Å². The number of nitrogens with zero attached hydrogens (tertiary/aromatic N) is 2. The van der Waals surface area contributed by atoms with E-state index in [1.165, 1.54) is 6.33 Å². The van der Waals surface area contributed by atoms with E-state index in [1.807, 2.05) is 6.92 Å². The Labute approximate surface area is 109 Å². The molecule has 0 saturated carbocycles. The summed E-state index contributed by atoms with van der Waals surface area (Å²) in [7, 11) is 0. The number of aromatic nitrogens is 2. The number of nitrogen functional groups attached to an aromatic ring is 1. The number of ether oxygens (including phenoxy) is 1. The maximum atomic E-state index is 5.79. The van der Waals surface area contributed by atoms with E-state index < -0.39 is 0 Å². The van der Waals surface area contributed by atoms with Crippen LogP contribution in [0, 0.1) is 5.92 Å². The van der Waals surface area contributed by atoms with Crippen LogP contribution in [0.4, 0.5) is 11.6 Å². The van der Waals surface area contributed by atoms with Crippen LogP contribution in [0.2, 0.25) is 0 Å². The van der Waals surface area contributed by atoms with Crippen molar-refractivity contribution in [2.45, 2.75) is 33.6 Å². The number of nitrogens with two attached hydrogens (primary N) is 1. The third-order valence-corrected chi connectivity index (χ3v) is 2.71. The molecule has 18 heavy (non-hydrogen) atoms. The topological polar surface area (TPSA) is 73.1 Å². The van der Waals surface area contributed by atoms with Crippen LogP contribution in [0.25, 0.3) is 0 Å². The first kappa shape index (κ1) is 14.7. The molecule has 5 nitrogen and oxygen atoms in total. The zero-order chi connectivity index (χ0) is 13.4. The minimum absolute atomic E-state index is 0.552. The summed E-state index contributed by atoms with van der Waals surface area (Å²) in [6, 6.07) is 0. The van der Waals surface area contributed by atoms with E-state index in [9.17, 15) is 0 Å². The van der Waals surface area contributed by atoms with E-state index in [0.29, 0.717) is 18.3 Å². The monoisotopic (exact) mass is 252 g/mol. The van der Waals surface area contributed by atoms with E-state index in [2.05, 4.69) is 29.1 Å². The van der Waals surface area contributed by atoms with Crippen molar-refractivity contribution in [3.63, 3.8) is 0 Å². The number of rotatable bonds is 8. The third kappa shape index (κ3) is 4.87. The fraction of sp³-hybridized carbons (Fsp3) is 0.692. The molecule has 0 bridgehead atoms. The Bertz CT molecular complexity index is 355. The van der Waals surface area contributed by atoms with Crippen molar-refractivity contribution >= 4 is 11.6 Å². The Kier molecular flexibility index (Phi) is 6.43. The van der Waals surface area contributed by atoms with Crippen LogP contribution in [0.3, 0.4) is 0 Å². The first-order valence-corrected chi connectivity index (χ1v) is 6.56. The van der Waals surface area contributed by atoms with Gasteiger partial charge >= 0.3 is 0 Å². The molecule has 3 N–H and O–H groups in total. The summed E-state index contributed by atoms with van der Waals surface area (Å²) < 4.78 is 5.53. The fourth-order valence-corrected chi connectivity index (χ4v) is 1.59. The second-order valence-corrected chi connectivity index (χ2v) is 4.66. The highest BCUT2D eigenvalue weighted by atomic mass is 16.5. The van der Waals surface area contributed by atoms with Crippen molar-refractivity contribution in [3.8, 4) is 0 Å². The molecule has 5 heteroatoms. The van der Waals surface area contributed by atoms with E-state index in [0.717, 1.165) is 37.4 Å². The van der Waals surface area contributed by atoms with Crippen LogP contribution in [-0.4, -0.2) is 29.7 Å². The molecule has 1 aromatic rings. The smallest absolute Gasteiger partial charge is 0.134 e. The molecule has 0 unspecified atom stereocenters. The zero-order valence-corrected chi connectivity index (χ0v) is 11.6. The van der Waals surface area contributed by atoms with Gasteiger partial charge in [-0.25, -0.2) is 9.97 Å². The average molecular weight is 252 g/mol. The molecule has 1 heterocycles. The highest BCUT2D eigenvalue weighted by Gasteiger charge is 2.06. The number of nitrogens with one attached hydrogen (secondary N) is 1. The van der Waals surface area contributed by atoms with Gasteiger partial charge in [-0.1, -0.05) is 20.8 Å². The third-order valence-electron chi connectivity index (χ3n) is 2.71. The van der Waals surface area contributed by atoms with Gasteiger partial charge < -0.3 is 15.8 Å². The first-order chi connectivity index (χ1) is 8.65. The molecule has 0 amide bonds. The van der Waals surface area contributed by atoms with Crippen LogP contribution in [0.1, 0.15) is 32.8 Å². The Morgan fingerprint density at radius 2 is 2.11 bits per heavy atom. The minimum Gasteiger partial charge on any atom is -0.383 e. The number of anilines is 2. The van der Waals surface area contributed by atoms with Gasteiger partial charge in [0.25, 0.3) is 0 Å². The zero-order valence-electron chi connectivity index (χ0n) is 11.6. The van der Waals surface area contributed by atoms with Crippen molar-refractivity contribution in [2.75, 3.05) is 30.8 Å². The molecule has 1 rings (SSSR count). The predicted octanol–water partition coefficient (Wildman–Crippen LogP) is 2.10. The van der Waals surface area contributed by atoms with Gasteiger partial charge in [0.2, 0.25) is 0 Å². The van der Waals surface area contributed by atoms with Gasteiger partial charge in [0.1, 0.15) is 18.0 Å². The van der Waals surface area contributed by atoms with Crippen molar-refractivity contribution in [1.29, 1.82) is 0 Å². The SMILES string of the molecule is CCc1c(N)ncnc1NCCOCCC(C)C. The van der Waals surface area contributed by atoms with E-state index in [4.69, 9.17) is 10.5 Å². The number of hydrogen-bond acceptors (Lipinski definition) is 5. The lowest BCUT2D eigenvalue weighted by atomic mass is 10.1. The van der Waals surface area contributed by atoms with Crippen molar-refractivity contribution in [1.82, 2.24) is 9.97 Å². The lowest BCUT2D eigenvalue weighted by molar-refractivity contribution is 0.132. The largest absolute Gasteiger partial charge is 0.383 e. The Morgan fingerprint density at radius 3 is 2.78 bits per heavy atom. The molecule has 1 aromatic heterocycles. The summed E-state index contributed by atoms with van der Waals surface area (Å²) in [6.07, 6.45) is 3.40. The molecule has 0 spiro atoms. The normalized spacial score (nSPS) is 10.9. The molecular formula is C13H24N4O. The summed E-state index contributed by atoms with van der Waals surface area (Å²) in [5.41, 5.74) is 6.77. The molecule has 0 saturated heterocycles. The molecule has 0 aliphatic carbocycles. The Hall–Kier alpha value is -1.36. The summed E-state index contributed by atoms with van der Waals surface area (Å²) in [5.74, 6) is 2.06. The summed E-state index contributed by atoms with van der Waals surface area (Å²) in [6.45, 7) is 8.66. The number of hydrogen-bond donors (Lipinski definition) is 2. The van der Waals surface area contributed by atoms with Crippen LogP contribution in [0.5, 0.6) is 0 Å². The van der Waals surface area contributed by atoms with Gasteiger partial charge in [-0.3, -0.25) is 0 Å². The van der Waals surface area contributed by atoms with Crippen LogP contribution in [-0.2, 0) is 11.2 Å². The van der Waals surface area contributed by atoms with Gasteiger partial charge in [-0.05, 0) is 18.8 Å². The molecular weight excluding hydrogens is 228 g/mol. The van der Waals surface area contributed by atoms with Crippen molar-refractivity contribution in [2.24, 2.45) is 5.92 Å².